The van der Waals surface area contributed by atoms with Gasteiger partial charge in [-0.05, 0) is 22.0 Å². The van der Waals surface area contributed by atoms with Crippen molar-refractivity contribution in [3.63, 3.8) is 0 Å². The van der Waals surface area contributed by atoms with E-state index in [0.717, 1.165) is 13.2 Å². The molecular formula is C8H6BrFO3. The van der Waals surface area contributed by atoms with Gasteiger partial charge in [0.2, 0.25) is 0 Å². The van der Waals surface area contributed by atoms with Crippen LogP contribution in [0.4, 0.5) is 4.39 Å². The van der Waals surface area contributed by atoms with Crippen LogP contribution in [0.3, 0.4) is 0 Å². The highest BCUT2D eigenvalue weighted by atomic mass is 79.9. The molecule has 5 heteroatoms. The van der Waals surface area contributed by atoms with E-state index in [4.69, 9.17) is 5.11 Å². The summed E-state index contributed by atoms with van der Waals surface area (Å²) < 4.78 is 17.6. The predicted octanol–water partition coefficient (Wildman–Crippen LogP) is 2.08. The van der Waals surface area contributed by atoms with Crippen LogP contribution in [0.5, 0.6) is 5.75 Å². The standard InChI is InChI=1S/C8H6BrFO3/c1-13-8(12)7-5(9)2-4(11)3-6(7)10/h2-3,11H,1H3. The number of ether oxygens (including phenoxy) is 1. The number of benzene rings is 1. The number of methoxy groups -OCH3 is 1. The van der Waals surface area contributed by atoms with Gasteiger partial charge in [-0.25, -0.2) is 9.18 Å². The SMILES string of the molecule is COC(=O)c1c(F)cc(O)cc1Br. The van der Waals surface area contributed by atoms with Crippen molar-refractivity contribution < 1.29 is 19.0 Å². The van der Waals surface area contributed by atoms with Crippen LogP contribution in [0.2, 0.25) is 0 Å². The first-order valence-corrected chi connectivity index (χ1v) is 4.12. The van der Waals surface area contributed by atoms with Gasteiger partial charge in [0.1, 0.15) is 17.1 Å². The molecule has 3 nitrogen and oxygen atoms in total. The van der Waals surface area contributed by atoms with Crippen LogP contribution in [0.1, 0.15) is 10.4 Å². The van der Waals surface area contributed by atoms with E-state index in [1.165, 1.54) is 6.07 Å². The highest BCUT2D eigenvalue weighted by Gasteiger charge is 2.17. The van der Waals surface area contributed by atoms with Gasteiger partial charge >= 0.3 is 5.97 Å². The fraction of sp³-hybridized carbons (Fsp3) is 0.125. The third kappa shape index (κ3) is 1.98. The predicted molar refractivity (Wildman–Crippen MR) is 47.1 cm³/mol. The van der Waals surface area contributed by atoms with E-state index in [-0.39, 0.29) is 15.8 Å². The van der Waals surface area contributed by atoms with Crippen molar-refractivity contribution in [1.82, 2.24) is 0 Å². The zero-order valence-electron chi connectivity index (χ0n) is 6.67. The molecule has 0 radical (unpaired) electrons. The van der Waals surface area contributed by atoms with Crippen LogP contribution < -0.4 is 0 Å². The van der Waals surface area contributed by atoms with E-state index in [9.17, 15) is 9.18 Å². The molecule has 0 aliphatic rings. The molecule has 13 heavy (non-hydrogen) atoms. The van der Waals surface area contributed by atoms with E-state index in [0.29, 0.717) is 0 Å². The Morgan fingerprint density at radius 2 is 2.23 bits per heavy atom. The van der Waals surface area contributed by atoms with Gasteiger partial charge in [0.05, 0.1) is 7.11 Å². The third-order valence-corrected chi connectivity index (χ3v) is 2.04. The molecule has 0 spiro atoms. The van der Waals surface area contributed by atoms with Gasteiger partial charge in [-0.15, -0.1) is 0 Å². The average molecular weight is 249 g/mol. The van der Waals surface area contributed by atoms with E-state index in [2.05, 4.69) is 20.7 Å². The lowest BCUT2D eigenvalue weighted by molar-refractivity contribution is 0.0594. The maximum Gasteiger partial charge on any atom is 0.342 e. The maximum atomic E-state index is 13.1. The van der Waals surface area contributed by atoms with Crippen molar-refractivity contribution in [1.29, 1.82) is 0 Å². The lowest BCUT2D eigenvalue weighted by atomic mass is 10.2. The molecule has 70 valence electrons. The Morgan fingerprint density at radius 1 is 1.62 bits per heavy atom. The van der Waals surface area contributed by atoms with Crippen molar-refractivity contribution >= 4 is 21.9 Å². The minimum atomic E-state index is -0.821. The Morgan fingerprint density at radius 3 is 2.69 bits per heavy atom. The quantitative estimate of drug-likeness (QED) is 0.775. The molecule has 0 saturated heterocycles. The number of carbonyl (C=O) groups is 1. The van der Waals surface area contributed by atoms with Crippen LogP contribution in [0.25, 0.3) is 0 Å². The Balaban J connectivity index is 3.28. The number of phenolic OH excluding ortho intramolecular Hbond substituents is 1. The molecular weight excluding hydrogens is 243 g/mol. The van der Waals surface area contributed by atoms with Gasteiger partial charge < -0.3 is 9.84 Å². The molecule has 0 aromatic heterocycles. The minimum Gasteiger partial charge on any atom is -0.508 e. The van der Waals surface area contributed by atoms with Crippen molar-refractivity contribution in [3.8, 4) is 5.75 Å². The summed E-state index contributed by atoms with van der Waals surface area (Å²) in [4.78, 5) is 11.0. The Labute approximate surface area is 82.3 Å². The number of hydrogen-bond donors (Lipinski definition) is 1. The summed E-state index contributed by atoms with van der Waals surface area (Å²) in [5.41, 5.74) is -0.222. The van der Waals surface area contributed by atoms with Gasteiger partial charge in [0, 0.05) is 10.5 Å². The smallest absolute Gasteiger partial charge is 0.342 e. The number of halogens is 2. The van der Waals surface area contributed by atoms with E-state index in [1.54, 1.807) is 0 Å². The minimum absolute atomic E-state index is 0.164. The van der Waals surface area contributed by atoms with E-state index >= 15 is 0 Å². The lowest BCUT2D eigenvalue weighted by Gasteiger charge is -2.03. The number of carbonyl (C=O) groups excluding carboxylic acids is 1. The summed E-state index contributed by atoms with van der Waals surface area (Å²) in [7, 11) is 1.15. The molecule has 0 heterocycles. The average Bonchev–Trinajstić information content (AvgIpc) is 2.02. The first kappa shape index (κ1) is 9.98. The summed E-state index contributed by atoms with van der Waals surface area (Å²) in [5, 5.41) is 8.95. The summed E-state index contributed by atoms with van der Waals surface area (Å²) in [6, 6.07) is 2.06. The zero-order chi connectivity index (χ0) is 10.0. The van der Waals surface area contributed by atoms with Crippen molar-refractivity contribution in [3.05, 3.63) is 28.0 Å². The topological polar surface area (TPSA) is 46.5 Å². The summed E-state index contributed by atoms with van der Waals surface area (Å²) in [6.45, 7) is 0. The second-order valence-corrected chi connectivity index (χ2v) is 3.13. The highest BCUT2D eigenvalue weighted by Crippen LogP contribution is 2.25. The molecule has 0 saturated carbocycles. The van der Waals surface area contributed by atoms with Crippen molar-refractivity contribution in [2.24, 2.45) is 0 Å². The number of hydrogen-bond acceptors (Lipinski definition) is 3. The lowest BCUT2D eigenvalue weighted by Crippen LogP contribution is -2.05. The fourth-order valence-corrected chi connectivity index (χ4v) is 1.44. The summed E-state index contributed by atoms with van der Waals surface area (Å²) >= 11 is 2.94. The normalized spacial score (nSPS) is 9.77. The molecule has 1 aromatic rings. The van der Waals surface area contributed by atoms with Gasteiger partial charge in [-0.3, -0.25) is 0 Å². The first-order valence-electron chi connectivity index (χ1n) is 3.32. The molecule has 0 aliphatic carbocycles. The number of aromatic hydroxyl groups is 1. The largest absolute Gasteiger partial charge is 0.508 e. The highest BCUT2D eigenvalue weighted by molar-refractivity contribution is 9.10. The van der Waals surface area contributed by atoms with Crippen molar-refractivity contribution in [2.75, 3.05) is 7.11 Å². The van der Waals surface area contributed by atoms with E-state index < -0.39 is 11.8 Å². The molecule has 0 aliphatic heterocycles. The molecule has 0 amide bonds. The van der Waals surface area contributed by atoms with Crippen LogP contribution in [-0.2, 0) is 4.74 Å². The Bertz CT molecular complexity index is 328. The van der Waals surface area contributed by atoms with Crippen LogP contribution in [-0.4, -0.2) is 18.2 Å². The van der Waals surface area contributed by atoms with Crippen LogP contribution in [0.15, 0.2) is 16.6 Å². The Kier molecular flexibility index (Phi) is 2.87. The van der Waals surface area contributed by atoms with Crippen molar-refractivity contribution in [2.45, 2.75) is 0 Å². The molecule has 0 unspecified atom stereocenters. The van der Waals surface area contributed by atoms with Gasteiger partial charge in [0.15, 0.2) is 0 Å². The van der Waals surface area contributed by atoms with Gasteiger partial charge in [0.25, 0.3) is 0 Å². The second kappa shape index (κ2) is 3.74. The van der Waals surface area contributed by atoms with Gasteiger partial charge in [-0.1, -0.05) is 0 Å². The molecule has 1 rings (SSSR count). The summed E-state index contributed by atoms with van der Waals surface area (Å²) in [5.74, 6) is -1.86. The first-order chi connectivity index (χ1) is 6.06. The molecule has 1 aromatic carbocycles. The molecule has 0 atom stereocenters. The second-order valence-electron chi connectivity index (χ2n) is 2.28. The van der Waals surface area contributed by atoms with E-state index in [1.807, 2.05) is 0 Å². The molecule has 0 fully saturated rings. The molecule has 1 N–H and O–H groups in total. The fourth-order valence-electron chi connectivity index (χ4n) is 0.857. The number of esters is 1. The van der Waals surface area contributed by atoms with Crippen LogP contribution in [0, 0.1) is 5.82 Å². The number of phenols is 1. The molecule has 0 bridgehead atoms. The Hall–Kier alpha value is -1.10. The van der Waals surface area contributed by atoms with Gasteiger partial charge in [-0.2, -0.15) is 0 Å². The third-order valence-electron chi connectivity index (χ3n) is 1.42. The summed E-state index contributed by atoms with van der Waals surface area (Å²) in [6.07, 6.45) is 0. The monoisotopic (exact) mass is 248 g/mol. The zero-order valence-corrected chi connectivity index (χ0v) is 8.26. The maximum absolute atomic E-state index is 13.1. The number of rotatable bonds is 1. The van der Waals surface area contributed by atoms with Crippen LogP contribution >= 0.6 is 15.9 Å².